The fourth-order valence-corrected chi connectivity index (χ4v) is 6.81. The minimum atomic E-state index is -0.891. The summed E-state index contributed by atoms with van der Waals surface area (Å²) in [5.41, 5.74) is -2.28. The highest BCUT2D eigenvalue weighted by atomic mass is 15.0. The van der Waals surface area contributed by atoms with Crippen molar-refractivity contribution in [1.82, 2.24) is 13.7 Å². The van der Waals surface area contributed by atoms with Crippen molar-refractivity contribution < 1.29 is 30.2 Å². The van der Waals surface area contributed by atoms with E-state index in [0.29, 0.717) is 5.56 Å². The van der Waals surface area contributed by atoms with Gasteiger partial charge in [-0.1, -0.05) is 127 Å². The highest BCUT2D eigenvalue weighted by Gasteiger charge is 2.18. The van der Waals surface area contributed by atoms with E-state index in [1.807, 2.05) is 30.3 Å². The molecule has 0 saturated heterocycles. The van der Waals surface area contributed by atoms with Crippen LogP contribution in [0.4, 0.5) is 0 Å². The fraction of sp³-hybridized carbons (Fsp3) is 0. The van der Waals surface area contributed by atoms with Crippen LogP contribution in [0.1, 0.15) is 30.2 Å². The standard InChI is InChI=1S/C48H31N3/c1-2-13-32(14-3-1)33-15-12-16-34(29-33)50-45-23-10-6-19-39(45)41-28-26-36(31-47(41)50)51-46-24-11-7-20-40(46)42-27-25-35(30-48(42)51)49-43-21-8-4-17-37(43)38-18-5-9-22-44(38)49/h1-31H/i4D,5D,6D,7D,8D,9D,10D,11D,17D,18D,19D,20D,21D,22D,23D,24D,25D,26D,27D,28D,30D,31D. The lowest BCUT2D eigenvalue weighted by atomic mass is 10.1. The molecule has 3 heterocycles. The van der Waals surface area contributed by atoms with Crippen molar-refractivity contribution in [3.63, 3.8) is 0 Å². The molecule has 0 N–H and O–H groups in total. The monoisotopic (exact) mass is 671 g/mol. The zero-order valence-corrected chi connectivity index (χ0v) is 26.0. The van der Waals surface area contributed by atoms with Gasteiger partial charge in [0.2, 0.25) is 0 Å². The maximum atomic E-state index is 10.2. The SMILES string of the molecule is [2H]c1c([2H])c([2H])c2c(c1[2H])c1c([2H])c([2H])c(-n3c4c([2H])c([2H])c([2H])c([2H])c4c4c([2H])c([2H])c(-n5c6c([2H])c([2H])c([2H])c([2H])c6c6c([2H])c([2H])c([2H])c([2H])c65)c([2H])c43)c([2H])c1n2-c1cccc(-c2ccccc2)c1. The number of hydrogen-bond donors (Lipinski definition) is 0. The Morgan fingerprint density at radius 1 is 0.314 bits per heavy atom. The van der Waals surface area contributed by atoms with Crippen molar-refractivity contribution in [1.29, 1.82) is 0 Å². The molecule has 0 spiro atoms. The van der Waals surface area contributed by atoms with Gasteiger partial charge in [-0.15, -0.1) is 0 Å². The molecule has 11 rings (SSSR count). The molecule has 0 amide bonds. The molecule has 11 aromatic rings. The molecule has 238 valence electrons. The van der Waals surface area contributed by atoms with Crippen LogP contribution in [0.3, 0.4) is 0 Å². The van der Waals surface area contributed by atoms with Crippen LogP contribution >= 0.6 is 0 Å². The van der Waals surface area contributed by atoms with E-state index in [4.69, 9.17) is 17.8 Å². The second-order valence-electron chi connectivity index (χ2n) is 11.7. The molecule has 0 bridgehead atoms. The minimum absolute atomic E-state index is 0.176. The number of para-hydroxylation sites is 4. The maximum absolute atomic E-state index is 10.2. The summed E-state index contributed by atoms with van der Waals surface area (Å²) in [7, 11) is 0. The molecule has 0 fully saturated rings. The van der Waals surface area contributed by atoms with Gasteiger partial charge in [0.05, 0.1) is 63.3 Å². The van der Waals surface area contributed by atoms with Crippen LogP contribution in [0.2, 0.25) is 0 Å². The molecule has 0 unspecified atom stereocenters. The van der Waals surface area contributed by atoms with Crippen LogP contribution in [0.5, 0.6) is 0 Å². The Balaban J connectivity index is 1.41. The van der Waals surface area contributed by atoms with Crippen LogP contribution < -0.4 is 0 Å². The van der Waals surface area contributed by atoms with E-state index in [-0.39, 0.29) is 27.5 Å². The Morgan fingerprint density at radius 2 is 0.706 bits per heavy atom. The normalized spacial score (nSPS) is 18.0. The second kappa shape index (κ2) is 10.8. The molecule has 0 aliphatic heterocycles. The minimum Gasteiger partial charge on any atom is -0.309 e. The predicted octanol–water partition coefficient (Wildman–Crippen LogP) is 12.6. The largest absolute Gasteiger partial charge is 0.309 e. The van der Waals surface area contributed by atoms with Gasteiger partial charge in [-0.25, -0.2) is 0 Å². The number of rotatable bonds is 4. The van der Waals surface area contributed by atoms with E-state index < -0.39 is 188 Å². The second-order valence-corrected chi connectivity index (χ2v) is 11.7. The summed E-state index contributed by atoms with van der Waals surface area (Å²) in [6.45, 7) is 0. The highest BCUT2D eigenvalue weighted by molar-refractivity contribution is 6.13. The molecule has 0 saturated carbocycles. The zero-order chi connectivity index (χ0) is 52.6. The third-order valence-corrected chi connectivity index (χ3v) is 8.98. The number of nitrogens with zero attached hydrogens (tertiary/aromatic N) is 3. The molecule has 0 aliphatic carbocycles. The van der Waals surface area contributed by atoms with E-state index in [9.17, 15) is 12.3 Å². The van der Waals surface area contributed by atoms with Gasteiger partial charge in [-0.3, -0.25) is 0 Å². The average Bonchev–Trinajstić information content (AvgIpc) is 4.05. The molecule has 0 radical (unpaired) electrons. The van der Waals surface area contributed by atoms with Gasteiger partial charge in [0.1, 0.15) is 0 Å². The van der Waals surface area contributed by atoms with Crippen LogP contribution in [0, 0.1) is 0 Å². The van der Waals surface area contributed by atoms with Crippen molar-refractivity contribution in [3.8, 4) is 28.2 Å². The third kappa shape index (κ3) is 4.12. The first-order valence-electron chi connectivity index (χ1n) is 26.7. The summed E-state index contributed by atoms with van der Waals surface area (Å²) in [6, 6.07) is -0.873. The summed E-state index contributed by atoms with van der Waals surface area (Å²) in [5, 5.41) is -2.24. The Bertz CT molecular complexity index is 4320. The van der Waals surface area contributed by atoms with Crippen LogP contribution in [-0.4, -0.2) is 13.7 Å². The summed E-state index contributed by atoms with van der Waals surface area (Å²) in [5.74, 6) is 0. The molecule has 0 atom stereocenters. The molecule has 3 nitrogen and oxygen atoms in total. The number of aromatic nitrogens is 3. The number of hydrogen-bond acceptors (Lipinski definition) is 0. The lowest BCUT2D eigenvalue weighted by molar-refractivity contribution is 1.14. The van der Waals surface area contributed by atoms with Gasteiger partial charge >= 0.3 is 0 Å². The van der Waals surface area contributed by atoms with Gasteiger partial charge < -0.3 is 13.7 Å². The molecular weight excluding hydrogens is 619 g/mol. The van der Waals surface area contributed by atoms with E-state index in [1.165, 1.54) is 4.57 Å². The summed E-state index contributed by atoms with van der Waals surface area (Å²) in [6.07, 6.45) is 0. The van der Waals surface area contributed by atoms with E-state index >= 15 is 0 Å². The molecule has 8 aromatic carbocycles. The van der Waals surface area contributed by atoms with Gasteiger partial charge in [-0.05, 0) is 71.6 Å². The van der Waals surface area contributed by atoms with Gasteiger partial charge in [-0.2, -0.15) is 0 Å². The first-order valence-corrected chi connectivity index (χ1v) is 15.7. The van der Waals surface area contributed by atoms with Gasteiger partial charge in [0, 0.05) is 49.4 Å². The smallest absolute Gasteiger partial charge is 0.0667 e. The summed E-state index contributed by atoms with van der Waals surface area (Å²) >= 11 is 0. The van der Waals surface area contributed by atoms with Crippen LogP contribution in [-0.2, 0) is 0 Å². The summed E-state index contributed by atoms with van der Waals surface area (Å²) in [4.78, 5) is 0. The van der Waals surface area contributed by atoms with Crippen LogP contribution in [0.25, 0.3) is 93.6 Å². The Labute approximate surface area is 325 Å². The van der Waals surface area contributed by atoms with Crippen molar-refractivity contribution in [2.24, 2.45) is 0 Å². The number of benzene rings is 8. The van der Waals surface area contributed by atoms with E-state index in [1.54, 1.807) is 24.3 Å². The maximum Gasteiger partial charge on any atom is 0.0667 e. The van der Waals surface area contributed by atoms with Crippen molar-refractivity contribution >= 4 is 65.4 Å². The van der Waals surface area contributed by atoms with E-state index in [2.05, 4.69) is 0 Å². The highest BCUT2D eigenvalue weighted by Crippen LogP contribution is 2.39. The Morgan fingerprint density at radius 3 is 1.20 bits per heavy atom. The third-order valence-electron chi connectivity index (χ3n) is 8.98. The molecular formula is C48H31N3. The topological polar surface area (TPSA) is 14.8 Å². The Hall–Kier alpha value is -6.84. The first-order chi connectivity index (χ1) is 34.5. The van der Waals surface area contributed by atoms with Crippen molar-refractivity contribution in [2.75, 3.05) is 0 Å². The van der Waals surface area contributed by atoms with Crippen molar-refractivity contribution in [2.45, 2.75) is 0 Å². The quantitative estimate of drug-likeness (QED) is 0.177. The van der Waals surface area contributed by atoms with Crippen LogP contribution in [0.15, 0.2) is 188 Å². The van der Waals surface area contributed by atoms with Crippen molar-refractivity contribution in [3.05, 3.63) is 188 Å². The molecule has 3 heteroatoms. The van der Waals surface area contributed by atoms with Gasteiger partial charge in [0.25, 0.3) is 0 Å². The fourth-order valence-electron chi connectivity index (χ4n) is 6.81. The zero-order valence-electron chi connectivity index (χ0n) is 48.0. The first kappa shape index (κ1) is 14.2. The molecule has 3 aromatic heterocycles. The Kier molecular flexibility index (Phi) is 3.01. The lowest BCUT2D eigenvalue weighted by Gasteiger charge is -2.13. The average molecular weight is 672 g/mol. The van der Waals surface area contributed by atoms with E-state index in [0.717, 1.165) is 14.7 Å². The number of fused-ring (bicyclic) bond motifs is 9. The lowest BCUT2D eigenvalue weighted by Crippen LogP contribution is -1.98. The molecule has 51 heavy (non-hydrogen) atoms. The summed E-state index contributed by atoms with van der Waals surface area (Å²) < 4.78 is 204. The van der Waals surface area contributed by atoms with Gasteiger partial charge in [0.15, 0.2) is 0 Å². The molecule has 0 aliphatic rings. The predicted molar refractivity (Wildman–Crippen MR) is 215 cm³/mol.